The predicted molar refractivity (Wildman–Crippen MR) is 78.6 cm³/mol. The van der Waals surface area contributed by atoms with E-state index in [9.17, 15) is 0 Å². The molecule has 2 aromatic heterocycles. The van der Waals surface area contributed by atoms with Crippen LogP contribution in [0, 0.1) is 0 Å². The number of nitrogens with one attached hydrogen (secondary N) is 2. The van der Waals surface area contributed by atoms with Gasteiger partial charge in [0, 0.05) is 19.2 Å². The second-order valence-corrected chi connectivity index (χ2v) is 4.44. The Labute approximate surface area is 118 Å². The first-order valence-corrected chi connectivity index (χ1v) is 6.92. The lowest BCUT2D eigenvalue weighted by Crippen LogP contribution is -2.11. The molecule has 7 heteroatoms. The highest BCUT2D eigenvalue weighted by atomic mass is 15.3. The number of hydrogen-bond acceptors (Lipinski definition) is 6. The van der Waals surface area contributed by atoms with Crippen molar-refractivity contribution in [2.24, 2.45) is 0 Å². The lowest BCUT2D eigenvalue weighted by Gasteiger charge is -2.13. The van der Waals surface area contributed by atoms with Crippen LogP contribution < -0.4 is 10.6 Å². The summed E-state index contributed by atoms with van der Waals surface area (Å²) < 4.78 is 2.01. The van der Waals surface area contributed by atoms with Crippen molar-refractivity contribution in [3.63, 3.8) is 0 Å². The summed E-state index contributed by atoms with van der Waals surface area (Å²) in [5.41, 5.74) is 1.11. The van der Waals surface area contributed by atoms with Crippen LogP contribution in [0.25, 0.3) is 0 Å². The summed E-state index contributed by atoms with van der Waals surface area (Å²) in [6.45, 7) is 5.67. The molecule has 0 saturated heterocycles. The van der Waals surface area contributed by atoms with Crippen LogP contribution in [-0.4, -0.2) is 31.8 Å². The van der Waals surface area contributed by atoms with Gasteiger partial charge in [0.05, 0.1) is 6.54 Å². The number of anilines is 2. The maximum Gasteiger partial charge on any atom is 0.152 e. The summed E-state index contributed by atoms with van der Waals surface area (Å²) >= 11 is 0. The van der Waals surface area contributed by atoms with E-state index in [0.29, 0.717) is 6.54 Å². The van der Waals surface area contributed by atoms with Crippen LogP contribution in [0.15, 0.2) is 12.7 Å². The molecule has 108 valence electrons. The van der Waals surface area contributed by atoms with Gasteiger partial charge < -0.3 is 15.2 Å². The van der Waals surface area contributed by atoms with E-state index < -0.39 is 0 Å². The van der Waals surface area contributed by atoms with E-state index in [1.165, 1.54) is 0 Å². The van der Waals surface area contributed by atoms with E-state index in [4.69, 9.17) is 0 Å². The summed E-state index contributed by atoms with van der Waals surface area (Å²) in [7, 11) is 1.87. The Morgan fingerprint density at radius 2 is 2.00 bits per heavy atom. The SMILES string of the molecule is CCCc1c(NC)ncnc1NCc1nncn1CC. The molecule has 2 aromatic rings. The van der Waals surface area contributed by atoms with Gasteiger partial charge in [-0.3, -0.25) is 0 Å². The quantitative estimate of drug-likeness (QED) is 0.800. The Balaban J connectivity index is 2.16. The van der Waals surface area contributed by atoms with Crippen molar-refractivity contribution in [1.29, 1.82) is 0 Å². The zero-order valence-corrected chi connectivity index (χ0v) is 12.2. The highest BCUT2D eigenvalue weighted by molar-refractivity contribution is 5.57. The van der Waals surface area contributed by atoms with Gasteiger partial charge in [0.25, 0.3) is 0 Å². The van der Waals surface area contributed by atoms with Gasteiger partial charge in [0.15, 0.2) is 5.82 Å². The average Bonchev–Trinajstić information content (AvgIpc) is 2.93. The molecule has 0 spiro atoms. The zero-order chi connectivity index (χ0) is 14.4. The molecule has 0 radical (unpaired) electrons. The van der Waals surface area contributed by atoms with Crippen molar-refractivity contribution in [3.8, 4) is 0 Å². The molecule has 2 heterocycles. The van der Waals surface area contributed by atoms with Crippen LogP contribution in [0.3, 0.4) is 0 Å². The standard InChI is InChI=1S/C13H21N7/c1-4-6-10-12(14-3)16-8-17-13(10)15-7-11-19-18-9-20(11)5-2/h8-9H,4-7H2,1-3H3,(H2,14,15,16,17). The molecule has 0 atom stereocenters. The molecular weight excluding hydrogens is 254 g/mol. The Bertz CT molecular complexity index is 549. The predicted octanol–water partition coefficient (Wildman–Crippen LogP) is 1.69. The van der Waals surface area contributed by atoms with Crippen LogP contribution in [0.4, 0.5) is 11.6 Å². The van der Waals surface area contributed by atoms with Crippen LogP contribution in [0.2, 0.25) is 0 Å². The van der Waals surface area contributed by atoms with Crippen LogP contribution in [-0.2, 0) is 19.5 Å². The fourth-order valence-corrected chi connectivity index (χ4v) is 2.11. The Hall–Kier alpha value is -2.18. The number of hydrogen-bond donors (Lipinski definition) is 2. The normalized spacial score (nSPS) is 10.6. The van der Waals surface area contributed by atoms with Crippen molar-refractivity contribution >= 4 is 11.6 Å². The second kappa shape index (κ2) is 6.83. The van der Waals surface area contributed by atoms with Gasteiger partial charge in [-0.25, -0.2) is 9.97 Å². The fourth-order valence-electron chi connectivity index (χ4n) is 2.11. The molecule has 20 heavy (non-hydrogen) atoms. The Morgan fingerprint density at radius 3 is 2.70 bits per heavy atom. The Kier molecular flexibility index (Phi) is 4.86. The van der Waals surface area contributed by atoms with E-state index in [1.807, 2.05) is 11.6 Å². The van der Waals surface area contributed by atoms with Gasteiger partial charge in [-0.15, -0.1) is 10.2 Å². The van der Waals surface area contributed by atoms with E-state index >= 15 is 0 Å². The maximum atomic E-state index is 4.34. The minimum Gasteiger partial charge on any atom is -0.373 e. The second-order valence-electron chi connectivity index (χ2n) is 4.44. The lowest BCUT2D eigenvalue weighted by molar-refractivity contribution is 0.706. The third-order valence-corrected chi connectivity index (χ3v) is 3.13. The van der Waals surface area contributed by atoms with E-state index in [-0.39, 0.29) is 0 Å². The largest absolute Gasteiger partial charge is 0.373 e. The van der Waals surface area contributed by atoms with Gasteiger partial charge >= 0.3 is 0 Å². The van der Waals surface area contributed by atoms with Gasteiger partial charge in [0.2, 0.25) is 0 Å². The zero-order valence-electron chi connectivity index (χ0n) is 12.2. The summed E-state index contributed by atoms with van der Waals surface area (Å²) in [5, 5.41) is 14.5. The summed E-state index contributed by atoms with van der Waals surface area (Å²) in [6, 6.07) is 0. The van der Waals surface area contributed by atoms with E-state index in [1.54, 1.807) is 12.7 Å². The summed E-state index contributed by atoms with van der Waals surface area (Å²) in [6.07, 6.45) is 5.28. The topological polar surface area (TPSA) is 80.6 Å². The maximum absolute atomic E-state index is 4.34. The molecule has 0 aliphatic carbocycles. The van der Waals surface area contributed by atoms with Crippen LogP contribution in [0.5, 0.6) is 0 Å². The molecule has 0 fully saturated rings. The first-order chi connectivity index (χ1) is 9.80. The van der Waals surface area contributed by atoms with Gasteiger partial charge in [-0.1, -0.05) is 13.3 Å². The minimum absolute atomic E-state index is 0.602. The smallest absolute Gasteiger partial charge is 0.152 e. The molecule has 0 aliphatic heterocycles. The van der Waals surface area contributed by atoms with Crippen molar-refractivity contribution in [2.45, 2.75) is 39.8 Å². The van der Waals surface area contributed by atoms with Gasteiger partial charge in [0.1, 0.15) is 24.3 Å². The van der Waals surface area contributed by atoms with E-state index in [0.717, 1.165) is 42.4 Å². The molecule has 0 bridgehead atoms. The first-order valence-electron chi connectivity index (χ1n) is 6.92. The van der Waals surface area contributed by atoms with Crippen molar-refractivity contribution in [3.05, 3.63) is 24.0 Å². The molecule has 0 aromatic carbocycles. The molecule has 0 amide bonds. The number of rotatable bonds is 7. The van der Waals surface area contributed by atoms with Crippen LogP contribution >= 0.6 is 0 Å². The number of aryl methyl sites for hydroxylation is 1. The fraction of sp³-hybridized carbons (Fsp3) is 0.538. The molecule has 0 unspecified atom stereocenters. The third-order valence-electron chi connectivity index (χ3n) is 3.13. The molecule has 7 nitrogen and oxygen atoms in total. The highest BCUT2D eigenvalue weighted by Crippen LogP contribution is 2.21. The van der Waals surface area contributed by atoms with Gasteiger partial charge in [-0.05, 0) is 13.3 Å². The van der Waals surface area contributed by atoms with Gasteiger partial charge in [-0.2, -0.15) is 0 Å². The Morgan fingerprint density at radius 1 is 1.20 bits per heavy atom. The molecule has 0 aliphatic rings. The summed E-state index contributed by atoms with van der Waals surface area (Å²) in [5.74, 6) is 2.64. The van der Waals surface area contributed by atoms with Crippen LogP contribution in [0.1, 0.15) is 31.7 Å². The molecular formula is C13H21N7. The number of aromatic nitrogens is 5. The van der Waals surface area contributed by atoms with Crippen molar-refractivity contribution in [1.82, 2.24) is 24.7 Å². The highest BCUT2D eigenvalue weighted by Gasteiger charge is 2.10. The minimum atomic E-state index is 0.602. The molecule has 0 saturated carbocycles. The lowest BCUT2D eigenvalue weighted by atomic mass is 10.1. The van der Waals surface area contributed by atoms with Crippen molar-refractivity contribution < 1.29 is 0 Å². The molecule has 2 N–H and O–H groups in total. The average molecular weight is 275 g/mol. The third kappa shape index (κ3) is 3.04. The monoisotopic (exact) mass is 275 g/mol. The first kappa shape index (κ1) is 14.2. The molecule has 2 rings (SSSR count). The number of nitrogens with zero attached hydrogens (tertiary/aromatic N) is 5. The van der Waals surface area contributed by atoms with E-state index in [2.05, 4.69) is 44.6 Å². The summed E-state index contributed by atoms with van der Waals surface area (Å²) in [4.78, 5) is 8.60. The van der Waals surface area contributed by atoms with Crippen molar-refractivity contribution in [2.75, 3.05) is 17.7 Å².